The minimum atomic E-state index is -0.559. The Hall–Kier alpha value is -3.45. The van der Waals surface area contributed by atoms with Gasteiger partial charge in [0.2, 0.25) is 0 Å². The zero-order chi connectivity index (χ0) is 22.7. The van der Waals surface area contributed by atoms with Crippen LogP contribution in [-0.2, 0) is 6.42 Å². The first kappa shape index (κ1) is 21.8. The Morgan fingerprint density at radius 3 is 2.72 bits per heavy atom. The van der Waals surface area contributed by atoms with E-state index in [4.69, 9.17) is 16.1 Å². The molecule has 2 aromatic carbocycles. The van der Waals surface area contributed by atoms with Crippen LogP contribution in [0.25, 0.3) is 22.5 Å². The van der Waals surface area contributed by atoms with Gasteiger partial charge >= 0.3 is 0 Å². The van der Waals surface area contributed by atoms with Crippen molar-refractivity contribution in [2.24, 2.45) is 0 Å². The van der Waals surface area contributed by atoms with Crippen LogP contribution in [0.1, 0.15) is 28.2 Å². The van der Waals surface area contributed by atoms with Crippen LogP contribution in [0.3, 0.4) is 0 Å². The Kier molecular flexibility index (Phi) is 6.37. The van der Waals surface area contributed by atoms with Crippen LogP contribution < -0.4 is 0 Å². The van der Waals surface area contributed by atoms with E-state index < -0.39 is 5.82 Å². The summed E-state index contributed by atoms with van der Waals surface area (Å²) < 4.78 is 19.6. The number of aryl methyl sites for hydroxylation is 2. The maximum Gasteiger partial charge on any atom is 0.259 e. The van der Waals surface area contributed by atoms with Crippen LogP contribution in [0.2, 0.25) is 5.02 Å². The Bertz CT molecular complexity index is 1220. The van der Waals surface area contributed by atoms with Crippen molar-refractivity contribution in [3.63, 3.8) is 0 Å². The monoisotopic (exact) mass is 452 g/mol. The number of nitrogens with zero attached hydrogens (tertiary/aromatic N) is 3. The first-order chi connectivity index (χ1) is 15.5. The molecule has 0 fully saturated rings. The summed E-state index contributed by atoms with van der Waals surface area (Å²) in [5.74, 6) is -0.541. The highest BCUT2D eigenvalue weighted by molar-refractivity contribution is 6.33. The second-order valence-electron chi connectivity index (χ2n) is 7.53. The average molecular weight is 453 g/mol. The maximum atomic E-state index is 14.4. The molecule has 0 unspecified atom stereocenters. The predicted molar refractivity (Wildman–Crippen MR) is 121 cm³/mol. The number of halogens is 2. The van der Waals surface area contributed by atoms with Gasteiger partial charge < -0.3 is 9.42 Å². The van der Waals surface area contributed by atoms with Crippen molar-refractivity contribution in [1.29, 1.82) is 0 Å². The highest BCUT2D eigenvalue weighted by atomic mass is 35.5. The molecule has 2 aromatic heterocycles. The number of carbonyl (C=O) groups is 1. The van der Waals surface area contributed by atoms with Gasteiger partial charge in [-0.15, -0.1) is 0 Å². The van der Waals surface area contributed by atoms with E-state index in [1.165, 1.54) is 12.1 Å². The van der Waals surface area contributed by atoms with Gasteiger partial charge in [-0.3, -0.25) is 9.89 Å². The molecule has 0 spiro atoms. The molecule has 32 heavy (non-hydrogen) atoms. The van der Waals surface area contributed by atoms with E-state index >= 15 is 0 Å². The van der Waals surface area contributed by atoms with Crippen molar-refractivity contribution < 1.29 is 13.7 Å². The SMILES string of the molecule is Cc1onc(-c2c(F)cccc2Cl)c1C(=O)N(C)CCCc1cc(-c2ccccc2)n[nH]1. The average Bonchev–Trinajstić information content (AvgIpc) is 3.41. The minimum Gasteiger partial charge on any atom is -0.360 e. The van der Waals surface area contributed by atoms with Crippen LogP contribution in [0.4, 0.5) is 4.39 Å². The van der Waals surface area contributed by atoms with Crippen molar-refractivity contribution in [3.8, 4) is 22.5 Å². The minimum absolute atomic E-state index is 0.0636. The van der Waals surface area contributed by atoms with Gasteiger partial charge in [0, 0.05) is 24.8 Å². The number of aromatic nitrogens is 3. The molecule has 6 nitrogen and oxygen atoms in total. The molecule has 0 aliphatic heterocycles. The van der Waals surface area contributed by atoms with Crippen LogP contribution in [-0.4, -0.2) is 39.8 Å². The van der Waals surface area contributed by atoms with Crippen molar-refractivity contribution in [3.05, 3.63) is 82.5 Å². The summed E-state index contributed by atoms with van der Waals surface area (Å²) in [7, 11) is 1.70. The molecule has 0 aliphatic rings. The molecule has 8 heteroatoms. The third-order valence-corrected chi connectivity index (χ3v) is 5.58. The predicted octanol–water partition coefficient (Wildman–Crippen LogP) is 5.54. The number of benzene rings is 2. The number of hydrogen-bond donors (Lipinski definition) is 1. The summed E-state index contributed by atoms with van der Waals surface area (Å²) in [6.07, 6.45) is 1.45. The second kappa shape index (κ2) is 9.36. The first-order valence-corrected chi connectivity index (χ1v) is 10.6. The van der Waals surface area contributed by atoms with Crippen molar-refractivity contribution in [2.45, 2.75) is 19.8 Å². The smallest absolute Gasteiger partial charge is 0.259 e. The summed E-state index contributed by atoms with van der Waals surface area (Å²) in [6, 6.07) is 16.3. The van der Waals surface area contributed by atoms with E-state index in [1.807, 2.05) is 36.4 Å². The molecular formula is C24H22ClFN4O2. The summed E-state index contributed by atoms with van der Waals surface area (Å²) in [5, 5.41) is 11.5. The Morgan fingerprint density at radius 1 is 1.19 bits per heavy atom. The van der Waals surface area contributed by atoms with Gasteiger partial charge in [0.25, 0.3) is 5.91 Å². The molecule has 4 rings (SSSR count). The molecule has 0 radical (unpaired) electrons. The van der Waals surface area contributed by atoms with Crippen LogP contribution >= 0.6 is 11.6 Å². The lowest BCUT2D eigenvalue weighted by atomic mass is 10.0. The van der Waals surface area contributed by atoms with Gasteiger partial charge in [0.15, 0.2) is 0 Å². The maximum absolute atomic E-state index is 14.4. The number of H-pyrrole nitrogens is 1. The van der Waals surface area contributed by atoms with Crippen molar-refractivity contribution >= 4 is 17.5 Å². The summed E-state index contributed by atoms with van der Waals surface area (Å²) in [4.78, 5) is 14.7. The molecular weight excluding hydrogens is 431 g/mol. The Labute approximate surface area is 190 Å². The number of hydrogen-bond acceptors (Lipinski definition) is 4. The highest BCUT2D eigenvalue weighted by Gasteiger charge is 2.27. The molecule has 164 valence electrons. The zero-order valence-electron chi connectivity index (χ0n) is 17.7. The van der Waals surface area contributed by atoms with E-state index in [9.17, 15) is 9.18 Å². The molecule has 4 aromatic rings. The van der Waals surface area contributed by atoms with Crippen molar-refractivity contribution in [2.75, 3.05) is 13.6 Å². The van der Waals surface area contributed by atoms with Crippen LogP contribution in [0.5, 0.6) is 0 Å². The highest BCUT2D eigenvalue weighted by Crippen LogP contribution is 2.34. The summed E-state index contributed by atoms with van der Waals surface area (Å²) in [5.41, 5.74) is 3.32. The number of aromatic amines is 1. The third-order valence-electron chi connectivity index (χ3n) is 5.26. The third kappa shape index (κ3) is 4.43. The van der Waals surface area contributed by atoms with E-state index in [0.29, 0.717) is 12.3 Å². The van der Waals surface area contributed by atoms with E-state index in [1.54, 1.807) is 24.9 Å². The number of amides is 1. The van der Waals surface area contributed by atoms with Crippen LogP contribution in [0.15, 0.2) is 59.1 Å². The molecule has 0 saturated heterocycles. The summed E-state index contributed by atoms with van der Waals surface area (Å²) in [6.45, 7) is 2.12. The normalized spacial score (nSPS) is 11.0. The first-order valence-electron chi connectivity index (χ1n) is 10.2. The number of carbonyl (C=O) groups excluding carboxylic acids is 1. The van der Waals surface area contributed by atoms with E-state index in [2.05, 4.69) is 15.4 Å². The van der Waals surface area contributed by atoms with Gasteiger partial charge in [-0.2, -0.15) is 5.10 Å². The van der Waals surface area contributed by atoms with Crippen molar-refractivity contribution in [1.82, 2.24) is 20.3 Å². The summed E-state index contributed by atoms with van der Waals surface area (Å²) >= 11 is 6.17. The Balaban J connectivity index is 1.43. The van der Waals surface area contributed by atoms with Gasteiger partial charge in [0.1, 0.15) is 22.8 Å². The lowest BCUT2D eigenvalue weighted by molar-refractivity contribution is 0.0792. The molecule has 0 aliphatic carbocycles. The fourth-order valence-electron chi connectivity index (χ4n) is 3.56. The molecule has 1 amide bonds. The topological polar surface area (TPSA) is 75.0 Å². The number of rotatable bonds is 7. The number of nitrogens with one attached hydrogen (secondary N) is 1. The fraction of sp³-hybridized carbons (Fsp3) is 0.208. The molecule has 0 saturated carbocycles. The standard InChI is InChI=1S/C24H22ClFN4O2/c1-15-21(23(29-32-15)22-18(25)11-6-12-19(22)26)24(31)30(2)13-7-10-17-14-20(28-27-17)16-8-4-3-5-9-16/h3-6,8-9,11-12,14H,7,10,13H2,1-2H3,(H,27,28). The van der Waals surface area contributed by atoms with Gasteiger partial charge in [-0.1, -0.05) is 53.2 Å². The Morgan fingerprint density at radius 2 is 1.97 bits per heavy atom. The lowest BCUT2D eigenvalue weighted by Gasteiger charge is -2.17. The van der Waals surface area contributed by atoms with Gasteiger partial charge in [-0.05, 0) is 38.0 Å². The largest absolute Gasteiger partial charge is 0.360 e. The van der Waals surface area contributed by atoms with E-state index in [-0.39, 0.29) is 27.8 Å². The van der Waals surface area contributed by atoms with E-state index in [0.717, 1.165) is 29.8 Å². The lowest BCUT2D eigenvalue weighted by Crippen LogP contribution is -2.28. The second-order valence-corrected chi connectivity index (χ2v) is 7.94. The quantitative estimate of drug-likeness (QED) is 0.399. The van der Waals surface area contributed by atoms with Gasteiger partial charge in [0.05, 0.1) is 16.3 Å². The zero-order valence-corrected chi connectivity index (χ0v) is 18.5. The van der Waals surface area contributed by atoms with Gasteiger partial charge in [-0.25, -0.2) is 4.39 Å². The molecule has 2 heterocycles. The molecule has 0 atom stereocenters. The fourth-order valence-corrected chi connectivity index (χ4v) is 3.82. The van der Waals surface area contributed by atoms with Crippen LogP contribution in [0, 0.1) is 12.7 Å². The molecule has 0 bridgehead atoms. The molecule has 1 N–H and O–H groups in total.